The molecular weight excluding hydrogens is 472 g/mol. The molecular formula is C21H27BrN2O5S. The van der Waals surface area contributed by atoms with E-state index in [4.69, 9.17) is 9.47 Å². The van der Waals surface area contributed by atoms with E-state index in [1.807, 2.05) is 31.2 Å². The number of carbonyl (C=O) groups excluding carboxylic acids is 1. The molecule has 30 heavy (non-hydrogen) atoms. The van der Waals surface area contributed by atoms with E-state index in [1.54, 1.807) is 25.3 Å². The van der Waals surface area contributed by atoms with Crippen molar-refractivity contribution in [3.63, 3.8) is 0 Å². The van der Waals surface area contributed by atoms with Crippen LogP contribution in [0.25, 0.3) is 0 Å². The SMILES string of the molecule is COc1cccc(OCCNC(=O)CCCN(c2ccc(Br)c(C)c2)S(C)(=O)=O)c1. The number of nitrogens with zero attached hydrogens (tertiary/aromatic N) is 1. The van der Waals surface area contributed by atoms with E-state index in [1.165, 1.54) is 10.6 Å². The maximum atomic E-state index is 12.2. The molecule has 164 valence electrons. The van der Waals surface area contributed by atoms with Crippen molar-refractivity contribution in [2.24, 2.45) is 0 Å². The van der Waals surface area contributed by atoms with Crippen LogP contribution in [0.15, 0.2) is 46.9 Å². The molecule has 0 aliphatic heterocycles. The molecule has 1 amide bonds. The Hall–Kier alpha value is -2.26. The minimum Gasteiger partial charge on any atom is -0.497 e. The lowest BCUT2D eigenvalue weighted by molar-refractivity contribution is -0.121. The van der Waals surface area contributed by atoms with Gasteiger partial charge in [0.2, 0.25) is 15.9 Å². The number of amides is 1. The molecule has 2 aromatic rings. The number of rotatable bonds is 11. The molecule has 0 unspecified atom stereocenters. The quantitative estimate of drug-likeness (QED) is 0.479. The number of benzene rings is 2. The van der Waals surface area contributed by atoms with Crippen molar-refractivity contribution in [1.29, 1.82) is 0 Å². The molecule has 0 bridgehead atoms. The molecule has 0 saturated heterocycles. The molecule has 0 aliphatic rings. The lowest BCUT2D eigenvalue weighted by atomic mass is 10.2. The highest BCUT2D eigenvalue weighted by molar-refractivity contribution is 9.10. The van der Waals surface area contributed by atoms with Gasteiger partial charge >= 0.3 is 0 Å². The fourth-order valence-electron chi connectivity index (χ4n) is 2.79. The van der Waals surface area contributed by atoms with Gasteiger partial charge in [-0.3, -0.25) is 9.10 Å². The summed E-state index contributed by atoms with van der Waals surface area (Å²) in [5.41, 5.74) is 1.53. The number of hydrogen-bond acceptors (Lipinski definition) is 5. The highest BCUT2D eigenvalue weighted by Gasteiger charge is 2.18. The maximum absolute atomic E-state index is 12.2. The summed E-state index contributed by atoms with van der Waals surface area (Å²) in [5.74, 6) is 1.22. The fraction of sp³-hybridized carbons (Fsp3) is 0.381. The van der Waals surface area contributed by atoms with Crippen LogP contribution in [0.5, 0.6) is 11.5 Å². The number of ether oxygens (including phenoxy) is 2. The van der Waals surface area contributed by atoms with Crippen LogP contribution >= 0.6 is 15.9 Å². The summed E-state index contributed by atoms with van der Waals surface area (Å²) in [4.78, 5) is 12.1. The normalized spacial score (nSPS) is 11.1. The van der Waals surface area contributed by atoms with Gasteiger partial charge in [-0.2, -0.15) is 0 Å². The number of hydrogen-bond donors (Lipinski definition) is 1. The van der Waals surface area contributed by atoms with Crippen molar-refractivity contribution in [2.45, 2.75) is 19.8 Å². The molecule has 0 spiro atoms. The second kappa shape index (κ2) is 11.2. The molecule has 2 aromatic carbocycles. The second-order valence-corrected chi connectivity index (χ2v) is 9.51. The van der Waals surface area contributed by atoms with Crippen LogP contribution in [0.2, 0.25) is 0 Å². The second-order valence-electron chi connectivity index (χ2n) is 6.75. The average Bonchev–Trinajstić information content (AvgIpc) is 2.70. The van der Waals surface area contributed by atoms with Gasteiger partial charge in [-0.25, -0.2) is 8.42 Å². The lowest BCUT2D eigenvalue weighted by Crippen LogP contribution is -2.33. The van der Waals surface area contributed by atoms with Crippen LogP contribution in [-0.2, 0) is 14.8 Å². The number of carbonyl (C=O) groups is 1. The summed E-state index contributed by atoms with van der Waals surface area (Å²) in [5, 5.41) is 2.78. The first-order valence-electron chi connectivity index (χ1n) is 9.48. The van der Waals surface area contributed by atoms with E-state index in [0.29, 0.717) is 36.8 Å². The average molecular weight is 499 g/mol. The highest BCUT2D eigenvalue weighted by atomic mass is 79.9. The minimum absolute atomic E-state index is 0.148. The highest BCUT2D eigenvalue weighted by Crippen LogP contribution is 2.25. The van der Waals surface area contributed by atoms with Gasteiger partial charge in [-0.05, 0) is 49.2 Å². The molecule has 2 rings (SSSR count). The Morgan fingerprint density at radius 2 is 1.90 bits per heavy atom. The van der Waals surface area contributed by atoms with Crippen molar-refractivity contribution < 1.29 is 22.7 Å². The zero-order chi connectivity index (χ0) is 22.1. The third-order valence-corrected chi connectivity index (χ3v) is 6.41. The van der Waals surface area contributed by atoms with Gasteiger partial charge in [0.25, 0.3) is 0 Å². The third kappa shape index (κ3) is 7.53. The first kappa shape index (κ1) is 24.0. The number of halogens is 1. The molecule has 9 heteroatoms. The van der Waals surface area contributed by atoms with Crippen molar-refractivity contribution in [3.05, 3.63) is 52.5 Å². The van der Waals surface area contributed by atoms with E-state index in [9.17, 15) is 13.2 Å². The van der Waals surface area contributed by atoms with Gasteiger partial charge in [-0.1, -0.05) is 22.0 Å². The Labute approximate surface area is 186 Å². The smallest absolute Gasteiger partial charge is 0.232 e. The molecule has 0 heterocycles. The molecule has 0 saturated carbocycles. The fourth-order valence-corrected chi connectivity index (χ4v) is 4.00. The summed E-state index contributed by atoms with van der Waals surface area (Å²) in [6, 6.07) is 12.6. The van der Waals surface area contributed by atoms with Crippen LogP contribution in [-0.4, -0.2) is 47.4 Å². The zero-order valence-corrected chi connectivity index (χ0v) is 19.8. The molecule has 0 atom stereocenters. The zero-order valence-electron chi connectivity index (χ0n) is 17.4. The first-order chi connectivity index (χ1) is 14.2. The van der Waals surface area contributed by atoms with Gasteiger partial charge in [0, 0.05) is 23.5 Å². The molecule has 1 N–H and O–H groups in total. The molecule has 0 fully saturated rings. The van der Waals surface area contributed by atoms with E-state index in [0.717, 1.165) is 10.0 Å². The molecule has 7 nitrogen and oxygen atoms in total. The topological polar surface area (TPSA) is 84.9 Å². The predicted molar refractivity (Wildman–Crippen MR) is 122 cm³/mol. The van der Waals surface area contributed by atoms with Crippen LogP contribution in [0.3, 0.4) is 0 Å². The van der Waals surface area contributed by atoms with Crippen LogP contribution in [0.1, 0.15) is 18.4 Å². The first-order valence-corrected chi connectivity index (χ1v) is 12.1. The Morgan fingerprint density at radius 1 is 1.17 bits per heavy atom. The predicted octanol–water partition coefficient (Wildman–Crippen LogP) is 3.51. The van der Waals surface area contributed by atoms with E-state index in [-0.39, 0.29) is 18.9 Å². The van der Waals surface area contributed by atoms with E-state index in [2.05, 4.69) is 21.2 Å². The summed E-state index contributed by atoms with van der Waals surface area (Å²) in [7, 11) is -1.86. The maximum Gasteiger partial charge on any atom is 0.232 e. The molecule has 0 aliphatic carbocycles. The van der Waals surface area contributed by atoms with E-state index >= 15 is 0 Å². The standard InChI is InChI=1S/C21H27BrN2O5S/c1-16-14-17(9-10-20(16)22)24(30(3,26)27)12-5-8-21(25)23-11-13-29-19-7-4-6-18(15-19)28-2/h4,6-7,9-10,14-15H,5,8,11-13H2,1-3H3,(H,23,25). The Kier molecular flexibility index (Phi) is 8.98. The Morgan fingerprint density at radius 3 is 2.57 bits per heavy atom. The molecule has 0 radical (unpaired) electrons. The Bertz CT molecular complexity index is 966. The number of sulfonamides is 1. The summed E-state index contributed by atoms with van der Waals surface area (Å²) < 4.78 is 37.3. The summed E-state index contributed by atoms with van der Waals surface area (Å²) in [6.07, 6.45) is 1.80. The van der Waals surface area contributed by atoms with Crippen LogP contribution in [0, 0.1) is 6.92 Å². The number of methoxy groups -OCH3 is 1. The van der Waals surface area contributed by atoms with Gasteiger partial charge in [0.1, 0.15) is 18.1 Å². The number of anilines is 1. The summed E-state index contributed by atoms with van der Waals surface area (Å²) in [6.45, 7) is 2.81. The van der Waals surface area contributed by atoms with Gasteiger partial charge in [-0.15, -0.1) is 0 Å². The monoisotopic (exact) mass is 498 g/mol. The van der Waals surface area contributed by atoms with Crippen molar-refractivity contribution in [3.8, 4) is 11.5 Å². The third-order valence-electron chi connectivity index (χ3n) is 4.33. The van der Waals surface area contributed by atoms with Gasteiger partial charge in [0.15, 0.2) is 0 Å². The Balaban J connectivity index is 1.77. The van der Waals surface area contributed by atoms with Crippen LogP contribution < -0.4 is 19.1 Å². The lowest BCUT2D eigenvalue weighted by Gasteiger charge is -2.23. The van der Waals surface area contributed by atoms with Crippen molar-refractivity contribution in [2.75, 3.05) is 37.4 Å². The van der Waals surface area contributed by atoms with Gasteiger partial charge in [0.05, 0.1) is 25.6 Å². The summed E-state index contributed by atoms with van der Waals surface area (Å²) >= 11 is 3.42. The van der Waals surface area contributed by atoms with Crippen LogP contribution in [0.4, 0.5) is 5.69 Å². The minimum atomic E-state index is -3.45. The van der Waals surface area contributed by atoms with Crippen molar-refractivity contribution >= 4 is 37.5 Å². The molecule has 0 aromatic heterocycles. The van der Waals surface area contributed by atoms with Crippen molar-refractivity contribution in [1.82, 2.24) is 5.32 Å². The largest absolute Gasteiger partial charge is 0.497 e. The van der Waals surface area contributed by atoms with E-state index < -0.39 is 10.0 Å². The number of aryl methyl sites for hydroxylation is 1. The van der Waals surface area contributed by atoms with Gasteiger partial charge < -0.3 is 14.8 Å². The number of nitrogens with one attached hydrogen (secondary N) is 1.